The summed E-state index contributed by atoms with van der Waals surface area (Å²) in [5.74, 6) is 0.168. The van der Waals surface area contributed by atoms with Gasteiger partial charge in [-0.15, -0.1) is 0 Å². The topological polar surface area (TPSA) is 94.1 Å². The quantitative estimate of drug-likeness (QED) is 0.871. The van der Waals surface area contributed by atoms with Crippen LogP contribution in [0.3, 0.4) is 0 Å². The lowest BCUT2D eigenvalue weighted by Gasteiger charge is -2.32. The highest BCUT2D eigenvalue weighted by molar-refractivity contribution is 5.67. The van der Waals surface area contributed by atoms with Crippen molar-refractivity contribution in [3.63, 3.8) is 0 Å². The van der Waals surface area contributed by atoms with Gasteiger partial charge < -0.3 is 19.5 Å². The fourth-order valence-corrected chi connectivity index (χ4v) is 4.33. The number of hydrogen-bond acceptors (Lipinski definition) is 5. The van der Waals surface area contributed by atoms with Gasteiger partial charge in [0.25, 0.3) is 0 Å². The summed E-state index contributed by atoms with van der Waals surface area (Å²) in [5, 5.41) is 22.6. The molecule has 7 heteroatoms. The van der Waals surface area contributed by atoms with Crippen LogP contribution in [0.1, 0.15) is 46.8 Å². The SMILES string of the molecule is N#Cc1c(C#N)c(C2CCN(C(=O)OCc3ccccc3)CC2)n2c1CNCC2. The van der Waals surface area contributed by atoms with Crippen LogP contribution in [0.2, 0.25) is 0 Å². The Morgan fingerprint density at radius 2 is 1.83 bits per heavy atom. The van der Waals surface area contributed by atoms with E-state index in [1.807, 2.05) is 30.3 Å². The van der Waals surface area contributed by atoms with E-state index in [2.05, 4.69) is 22.0 Å². The molecule has 148 valence electrons. The second kappa shape index (κ2) is 8.38. The fourth-order valence-electron chi connectivity index (χ4n) is 4.33. The van der Waals surface area contributed by atoms with E-state index in [0.717, 1.165) is 42.9 Å². The third-order valence-corrected chi connectivity index (χ3v) is 5.78. The van der Waals surface area contributed by atoms with Crippen LogP contribution in [-0.4, -0.2) is 35.2 Å². The summed E-state index contributed by atoms with van der Waals surface area (Å²) in [6.07, 6.45) is 1.22. The molecule has 1 aromatic heterocycles. The van der Waals surface area contributed by atoms with E-state index in [1.54, 1.807) is 4.90 Å². The smallest absolute Gasteiger partial charge is 0.410 e. The summed E-state index contributed by atoms with van der Waals surface area (Å²) in [4.78, 5) is 14.2. The minimum absolute atomic E-state index is 0.168. The molecule has 2 aromatic rings. The molecule has 1 saturated heterocycles. The van der Waals surface area contributed by atoms with E-state index >= 15 is 0 Å². The number of amides is 1. The first-order valence-corrected chi connectivity index (χ1v) is 9.94. The normalized spacial score (nSPS) is 16.6. The van der Waals surface area contributed by atoms with Crippen LogP contribution in [-0.2, 0) is 24.4 Å². The molecular formula is C22H23N5O2. The van der Waals surface area contributed by atoms with Gasteiger partial charge in [-0.05, 0) is 18.4 Å². The highest BCUT2D eigenvalue weighted by Gasteiger charge is 2.32. The molecule has 1 fully saturated rings. The van der Waals surface area contributed by atoms with Gasteiger partial charge in [0.05, 0.1) is 16.8 Å². The van der Waals surface area contributed by atoms with E-state index in [4.69, 9.17) is 4.74 Å². The Labute approximate surface area is 170 Å². The summed E-state index contributed by atoms with van der Waals surface area (Å²) in [5.41, 5.74) is 3.86. The molecule has 0 aliphatic carbocycles. The number of hydrogen-bond donors (Lipinski definition) is 1. The predicted molar refractivity (Wildman–Crippen MR) is 106 cm³/mol. The molecular weight excluding hydrogens is 366 g/mol. The molecule has 3 heterocycles. The van der Waals surface area contributed by atoms with E-state index in [-0.39, 0.29) is 18.6 Å². The van der Waals surface area contributed by atoms with Gasteiger partial charge in [0, 0.05) is 44.3 Å². The van der Waals surface area contributed by atoms with Gasteiger partial charge in [0.15, 0.2) is 0 Å². The zero-order valence-corrected chi connectivity index (χ0v) is 16.2. The molecule has 0 unspecified atom stereocenters. The van der Waals surface area contributed by atoms with Crippen molar-refractivity contribution in [2.45, 2.75) is 38.5 Å². The van der Waals surface area contributed by atoms with Crippen LogP contribution in [0.25, 0.3) is 0 Å². The number of benzene rings is 1. The molecule has 0 bridgehead atoms. The lowest BCUT2D eigenvalue weighted by Crippen LogP contribution is -2.39. The fraction of sp³-hybridized carbons (Fsp3) is 0.409. The molecule has 4 rings (SSSR count). The first-order valence-electron chi connectivity index (χ1n) is 9.94. The zero-order chi connectivity index (χ0) is 20.2. The number of ether oxygens (including phenoxy) is 1. The van der Waals surface area contributed by atoms with Crippen LogP contribution in [0.15, 0.2) is 30.3 Å². The lowest BCUT2D eigenvalue weighted by molar-refractivity contribution is 0.0866. The molecule has 1 aromatic carbocycles. The van der Waals surface area contributed by atoms with Crippen molar-refractivity contribution in [1.29, 1.82) is 10.5 Å². The zero-order valence-electron chi connectivity index (χ0n) is 16.2. The van der Waals surface area contributed by atoms with Crippen LogP contribution in [0.4, 0.5) is 4.79 Å². The first-order chi connectivity index (χ1) is 14.2. The second-order valence-electron chi connectivity index (χ2n) is 7.44. The second-order valence-corrected chi connectivity index (χ2v) is 7.44. The predicted octanol–water partition coefficient (Wildman–Crippen LogP) is 2.85. The minimum atomic E-state index is -0.299. The largest absolute Gasteiger partial charge is 0.445 e. The molecule has 7 nitrogen and oxygen atoms in total. The van der Waals surface area contributed by atoms with Gasteiger partial charge in [-0.1, -0.05) is 30.3 Å². The van der Waals surface area contributed by atoms with Gasteiger partial charge in [-0.25, -0.2) is 4.79 Å². The number of carbonyl (C=O) groups is 1. The number of nitrogens with one attached hydrogen (secondary N) is 1. The van der Waals surface area contributed by atoms with Gasteiger partial charge >= 0.3 is 6.09 Å². The maximum Gasteiger partial charge on any atom is 0.410 e. The lowest BCUT2D eigenvalue weighted by atomic mass is 9.90. The van der Waals surface area contributed by atoms with Crippen molar-refractivity contribution in [2.24, 2.45) is 0 Å². The summed E-state index contributed by atoms with van der Waals surface area (Å²) in [7, 11) is 0. The standard InChI is InChI=1S/C22H23N5O2/c23-12-18-19(13-24)21(27-11-8-25-14-20(18)27)17-6-9-26(10-7-17)22(28)29-15-16-4-2-1-3-5-16/h1-5,17,25H,6-11,14-15H2. The Hall–Kier alpha value is -3.29. The molecule has 0 spiro atoms. The number of nitriles is 2. The summed E-state index contributed by atoms with van der Waals surface area (Å²) in [6, 6.07) is 14.1. The molecule has 0 atom stereocenters. The third kappa shape index (κ3) is 3.70. The van der Waals surface area contributed by atoms with Crippen molar-refractivity contribution >= 4 is 6.09 Å². The van der Waals surface area contributed by atoms with Crippen molar-refractivity contribution in [3.8, 4) is 12.1 Å². The number of nitrogens with zero attached hydrogens (tertiary/aromatic N) is 4. The summed E-state index contributed by atoms with van der Waals surface area (Å²) in [6.45, 7) is 3.65. The molecule has 2 aliphatic heterocycles. The third-order valence-electron chi connectivity index (χ3n) is 5.78. The Kier molecular flexibility index (Phi) is 5.50. The Morgan fingerprint density at radius 1 is 1.10 bits per heavy atom. The van der Waals surface area contributed by atoms with Gasteiger partial charge in [-0.3, -0.25) is 0 Å². The van der Waals surface area contributed by atoms with Crippen LogP contribution < -0.4 is 5.32 Å². The maximum absolute atomic E-state index is 12.4. The van der Waals surface area contributed by atoms with Crippen molar-refractivity contribution in [1.82, 2.24) is 14.8 Å². The number of aromatic nitrogens is 1. The van der Waals surface area contributed by atoms with Crippen LogP contribution >= 0.6 is 0 Å². The average molecular weight is 389 g/mol. The molecule has 29 heavy (non-hydrogen) atoms. The Morgan fingerprint density at radius 3 is 2.52 bits per heavy atom. The number of likely N-dealkylation sites (tertiary alicyclic amines) is 1. The summed E-state index contributed by atoms with van der Waals surface area (Å²) < 4.78 is 7.60. The Bertz CT molecular complexity index is 975. The van der Waals surface area contributed by atoms with Crippen molar-refractivity contribution in [2.75, 3.05) is 19.6 Å². The molecule has 2 aliphatic rings. The van der Waals surface area contributed by atoms with Crippen molar-refractivity contribution < 1.29 is 9.53 Å². The monoisotopic (exact) mass is 389 g/mol. The first kappa shape index (κ1) is 19.0. The van der Waals surface area contributed by atoms with E-state index in [9.17, 15) is 15.3 Å². The van der Waals surface area contributed by atoms with E-state index in [1.165, 1.54) is 0 Å². The number of rotatable bonds is 3. The Balaban J connectivity index is 1.44. The molecule has 0 radical (unpaired) electrons. The average Bonchev–Trinajstić information content (AvgIpc) is 3.11. The van der Waals surface area contributed by atoms with Gasteiger partial charge in [-0.2, -0.15) is 10.5 Å². The highest BCUT2D eigenvalue weighted by atomic mass is 16.6. The summed E-state index contributed by atoms with van der Waals surface area (Å²) >= 11 is 0. The number of fused-ring (bicyclic) bond motifs is 1. The number of piperidine rings is 1. The van der Waals surface area contributed by atoms with Crippen molar-refractivity contribution in [3.05, 3.63) is 58.4 Å². The maximum atomic E-state index is 12.4. The van der Waals surface area contributed by atoms with E-state index in [0.29, 0.717) is 30.8 Å². The van der Waals surface area contributed by atoms with Gasteiger partial charge in [0.1, 0.15) is 18.7 Å². The van der Waals surface area contributed by atoms with Crippen LogP contribution in [0.5, 0.6) is 0 Å². The molecule has 0 saturated carbocycles. The van der Waals surface area contributed by atoms with Crippen LogP contribution in [0, 0.1) is 22.7 Å². The van der Waals surface area contributed by atoms with Gasteiger partial charge in [0.2, 0.25) is 0 Å². The van der Waals surface area contributed by atoms with E-state index < -0.39 is 0 Å². The number of carbonyl (C=O) groups excluding carboxylic acids is 1. The molecule has 1 N–H and O–H groups in total. The highest BCUT2D eigenvalue weighted by Crippen LogP contribution is 2.35. The minimum Gasteiger partial charge on any atom is -0.445 e. The molecule has 1 amide bonds.